The summed E-state index contributed by atoms with van der Waals surface area (Å²) in [6.45, 7) is 7.16. The molecular formula is C17H31N3O2. The minimum atomic E-state index is -0.311. The smallest absolute Gasteiger partial charge is 0.223 e. The predicted octanol–water partition coefficient (Wildman–Crippen LogP) is 1.33. The van der Waals surface area contributed by atoms with E-state index in [0.717, 1.165) is 64.9 Å². The minimum Gasteiger partial charge on any atom is -0.369 e. The van der Waals surface area contributed by atoms with Crippen LogP contribution in [-0.2, 0) is 9.53 Å². The van der Waals surface area contributed by atoms with Gasteiger partial charge in [-0.15, -0.1) is 0 Å². The normalized spacial score (nSPS) is 41.2. The maximum atomic E-state index is 12.1. The zero-order chi connectivity index (χ0) is 15.6. The number of nitrogens with one attached hydrogen (secondary N) is 1. The van der Waals surface area contributed by atoms with Crippen molar-refractivity contribution < 1.29 is 9.53 Å². The molecule has 4 unspecified atom stereocenters. The van der Waals surface area contributed by atoms with Crippen LogP contribution < -0.4 is 11.1 Å². The Balaban J connectivity index is 1.68. The average Bonchev–Trinajstić information content (AvgIpc) is 2.56. The third kappa shape index (κ3) is 3.17. The summed E-state index contributed by atoms with van der Waals surface area (Å²) in [5.41, 5.74) is 5.48. The van der Waals surface area contributed by atoms with Crippen molar-refractivity contribution >= 4 is 5.91 Å². The van der Waals surface area contributed by atoms with E-state index in [-0.39, 0.29) is 17.6 Å². The third-order valence-electron chi connectivity index (χ3n) is 6.27. The highest BCUT2D eigenvalue weighted by atomic mass is 16.5. The molecule has 2 saturated heterocycles. The van der Waals surface area contributed by atoms with E-state index in [0.29, 0.717) is 11.8 Å². The maximum Gasteiger partial charge on any atom is 0.223 e. The summed E-state index contributed by atoms with van der Waals surface area (Å²) in [5, 5.41) is 3.40. The zero-order valence-corrected chi connectivity index (χ0v) is 13.9. The second kappa shape index (κ2) is 6.85. The van der Waals surface area contributed by atoms with Crippen molar-refractivity contribution in [2.75, 3.05) is 32.8 Å². The van der Waals surface area contributed by atoms with Gasteiger partial charge in [-0.3, -0.25) is 9.69 Å². The lowest BCUT2D eigenvalue weighted by Gasteiger charge is -2.47. The summed E-state index contributed by atoms with van der Waals surface area (Å²) in [4.78, 5) is 14.6. The molecule has 0 radical (unpaired) electrons. The van der Waals surface area contributed by atoms with Gasteiger partial charge in [0.15, 0.2) is 0 Å². The number of carbonyl (C=O) groups excluding carboxylic acids is 1. The summed E-state index contributed by atoms with van der Waals surface area (Å²) in [6.07, 6.45) is 6.87. The van der Waals surface area contributed by atoms with Crippen molar-refractivity contribution in [3.05, 3.63) is 0 Å². The number of amides is 1. The first-order valence-corrected chi connectivity index (χ1v) is 8.97. The van der Waals surface area contributed by atoms with Crippen LogP contribution in [0.3, 0.4) is 0 Å². The molecule has 0 aromatic carbocycles. The topological polar surface area (TPSA) is 67.6 Å². The van der Waals surface area contributed by atoms with Gasteiger partial charge >= 0.3 is 0 Å². The van der Waals surface area contributed by atoms with Crippen LogP contribution >= 0.6 is 0 Å². The van der Waals surface area contributed by atoms with E-state index < -0.39 is 0 Å². The zero-order valence-electron chi connectivity index (χ0n) is 13.9. The van der Waals surface area contributed by atoms with Gasteiger partial charge in [-0.2, -0.15) is 0 Å². The molecular weight excluding hydrogens is 278 g/mol. The molecule has 0 aromatic rings. The number of hydrogen-bond donors (Lipinski definition) is 2. The minimum absolute atomic E-state index is 0.0950. The molecule has 1 amide bonds. The molecule has 3 fully saturated rings. The second-order valence-corrected chi connectivity index (χ2v) is 7.53. The molecule has 1 aliphatic carbocycles. The molecule has 3 aliphatic rings. The first kappa shape index (κ1) is 16.2. The number of carbonyl (C=O) groups is 1. The van der Waals surface area contributed by atoms with Crippen LogP contribution in [-0.4, -0.2) is 49.8 Å². The van der Waals surface area contributed by atoms with E-state index >= 15 is 0 Å². The number of piperazine rings is 1. The van der Waals surface area contributed by atoms with Gasteiger partial charge in [0, 0.05) is 38.2 Å². The monoisotopic (exact) mass is 309 g/mol. The standard InChI is InChI=1S/C17H31N3O2/c1-17(16(18)21)6-3-2-4-14(17)13-5-11-22-15(12-13)20-9-7-19-8-10-20/h13-15,19H,2-12H2,1H3,(H2,18,21). The van der Waals surface area contributed by atoms with E-state index in [1.54, 1.807) is 0 Å². The quantitative estimate of drug-likeness (QED) is 0.825. The number of rotatable bonds is 3. The number of nitrogens with two attached hydrogens (primary N) is 1. The maximum absolute atomic E-state index is 12.1. The van der Waals surface area contributed by atoms with Gasteiger partial charge in [0.05, 0.1) is 0 Å². The third-order valence-corrected chi connectivity index (χ3v) is 6.27. The first-order chi connectivity index (χ1) is 10.6. The molecule has 126 valence electrons. The second-order valence-electron chi connectivity index (χ2n) is 7.53. The molecule has 3 N–H and O–H groups in total. The van der Waals surface area contributed by atoms with Crippen molar-refractivity contribution in [1.29, 1.82) is 0 Å². The van der Waals surface area contributed by atoms with Crippen molar-refractivity contribution in [3.8, 4) is 0 Å². The number of hydrogen-bond acceptors (Lipinski definition) is 4. The molecule has 0 bridgehead atoms. The van der Waals surface area contributed by atoms with E-state index in [9.17, 15) is 4.79 Å². The van der Waals surface area contributed by atoms with E-state index in [1.807, 2.05) is 0 Å². The van der Waals surface area contributed by atoms with Crippen LogP contribution in [0.15, 0.2) is 0 Å². The number of primary amides is 1. The predicted molar refractivity (Wildman–Crippen MR) is 86.2 cm³/mol. The molecule has 0 aromatic heterocycles. The van der Waals surface area contributed by atoms with Crippen molar-refractivity contribution in [2.45, 2.75) is 51.7 Å². The summed E-state index contributed by atoms with van der Waals surface area (Å²) >= 11 is 0. The Kier molecular flexibility index (Phi) is 5.05. The van der Waals surface area contributed by atoms with Crippen LogP contribution in [0.2, 0.25) is 0 Å². The lowest BCUT2D eigenvalue weighted by molar-refractivity contribution is -0.143. The Morgan fingerprint density at radius 3 is 2.77 bits per heavy atom. The Morgan fingerprint density at radius 2 is 2.05 bits per heavy atom. The first-order valence-electron chi connectivity index (χ1n) is 8.97. The van der Waals surface area contributed by atoms with Crippen LogP contribution in [0.5, 0.6) is 0 Å². The van der Waals surface area contributed by atoms with Gasteiger partial charge in [0.25, 0.3) is 0 Å². The summed E-state index contributed by atoms with van der Waals surface area (Å²) in [5.74, 6) is 0.918. The van der Waals surface area contributed by atoms with Crippen LogP contribution in [0.1, 0.15) is 45.4 Å². The molecule has 5 heteroatoms. The van der Waals surface area contributed by atoms with Gasteiger partial charge in [-0.1, -0.05) is 19.8 Å². The van der Waals surface area contributed by atoms with Crippen molar-refractivity contribution in [2.24, 2.45) is 23.0 Å². The summed E-state index contributed by atoms with van der Waals surface area (Å²) < 4.78 is 6.05. The summed E-state index contributed by atoms with van der Waals surface area (Å²) in [6, 6.07) is 0. The lowest BCUT2D eigenvalue weighted by atomic mass is 9.60. The highest BCUT2D eigenvalue weighted by Crippen LogP contribution is 2.48. The van der Waals surface area contributed by atoms with Gasteiger partial charge in [-0.25, -0.2) is 0 Å². The SMILES string of the molecule is CC1(C(N)=O)CCCCC1C1CCOC(N2CCNCC2)C1. The Hall–Kier alpha value is -0.650. The number of nitrogens with zero attached hydrogens (tertiary/aromatic N) is 1. The Bertz CT molecular complexity index is 397. The molecule has 0 spiro atoms. The largest absolute Gasteiger partial charge is 0.369 e. The van der Waals surface area contributed by atoms with Crippen LogP contribution in [0.25, 0.3) is 0 Å². The fraction of sp³-hybridized carbons (Fsp3) is 0.941. The van der Waals surface area contributed by atoms with Gasteiger partial charge in [-0.05, 0) is 37.5 Å². The van der Waals surface area contributed by atoms with Crippen molar-refractivity contribution in [1.82, 2.24) is 10.2 Å². The molecule has 4 atom stereocenters. The Labute approximate surface area is 133 Å². The highest BCUT2D eigenvalue weighted by molar-refractivity contribution is 5.80. The molecule has 2 aliphatic heterocycles. The van der Waals surface area contributed by atoms with Gasteiger partial charge in [0.1, 0.15) is 6.23 Å². The molecule has 2 heterocycles. The van der Waals surface area contributed by atoms with Crippen LogP contribution in [0.4, 0.5) is 0 Å². The number of ether oxygens (including phenoxy) is 1. The molecule has 3 rings (SSSR count). The average molecular weight is 309 g/mol. The fourth-order valence-electron chi connectivity index (χ4n) is 4.81. The highest BCUT2D eigenvalue weighted by Gasteiger charge is 2.46. The van der Waals surface area contributed by atoms with Crippen LogP contribution in [0, 0.1) is 17.3 Å². The summed E-state index contributed by atoms with van der Waals surface area (Å²) in [7, 11) is 0. The molecule has 1 saturated carbocycles. The van der Waals surface area contributed by atoms with E-state index in [4.69, 9.17) is 10.5 Å². The van der Waals surface area contributed by atoms with Crippen molar-refractivity contribution in [3.63, 3.8) is 0 Å². The molecule has 5 nitrogen and oxygen atoms in total. The molecule has 22 heavy (non-hydrogen) atoms. The van der Waals surface area contributed by atoms with Gasteiger partial charge < -0.3 is 15.8 Å². The fourth-order valence-corrected chi connectivity index (χ4v) is 4.81. The lowest BCUT2D eigenvalue weighted by Crippen LogP contribution is -2.53. The Morgan fingerprint density at radius 1 is 1.27 bits per heavy atom. The van der Waals surface area contributed by atoms with Gasteiger partial charge in [0.2, 0.25) is 5.91 Å². The van der Waals surface area contributed by atoms with E-state index in [1.165, 1.54) is 6.42 Å². The van der Waals surface area contributed by atoms with E-state index in [2.05, 4.69) is 17.1 Å².